The number of nitrogens with one attached hydrogen (secondary N) is 1. The van der Waals surface area contributed by atoms with E-state index in [0.717, 1.165) is 13.1 Å². The van der Waals surface area contributed by atoms with Gasteiger partial charge in [-0.05, 0) is 43.4 Å². The Bertz CT molecular complexity index is 388. The minimum atomic E-state index is 0.531. The Morgan fingerprint density at radius 2 is 1.85 bits per heavy atom. The first-order valence-corrected chi connectivity index (χ1v) is 7.78. The minimum Gasteiger partial charge on any atom is -0.370 e. The highest BCUT2D eigenvalue weighted by Gasteiger charge is 2.14. The zero-order valence-electron chi connectivity index (χ0n) is 14.0. The molecule has 1 N–H and O–H groups in total. The van der Waals surface area contributed by atoms with Crippen molar-refractivity contribution in [2.75, 3.05) is 18.5 Å². The molecule has 0 saturated heterocycles. The van der Waals surface area contributed by atoms with E-state index in [9.17, 15) is 0 Å². The largest absolute Gasteiger partial charge is 0.370 e. The van der Waals surface area contributed by atoms with Crippen LogP contribution in [0.15, 0.2) is 18.5 Å². The summed E-state index contributed by atoms with van der Waals surface area (Å²) >= 11 is 0. The lowest BCUT2D eigenvalue weighted by Gasteiger charge is -2.30. The molecule has 3 heteroatoms. The van der Waals surface area contributed by atoms with Crippen molar-refractivity contribution >= 4 is 5.69 Å². The van der Waals surface area contributed by atoms with Crippen molar-refractivity contribution < 1.29 is 0 Å². The van der Waals surface area contributed by atoms with Gasteiger partial charge in [0, 0.05) is 25.8 Å². The van der Waals surface area contributed by atoms with Gasteiger partial charge in [-0.3, -0.25) is 4.98 Å². The highest BCUT2D eigenvalue weighted by atomic mass is 15.1. The topological polar surface area (TPSA) is 28.2 Å². The zero-order valence-corrected chi connectivity index (χ0v) is 14.0. The average molecular weight is 277 g/mol. The summed E-state index contributed by atoms with van der Waals surface area (Å²) in [6.45, 7) is 13.3. The van der Waals surface area contributed by atoms with Crippen LogP contribution >= 0.6 is 0 Å². The Kier molecular flexibility index (Phi) is 7.00. The number of hydrogen-bond acceptors (Lipinski definition) is 3. The van der Waals surface area contributed by atoms with Gasteiger partial charge in [-0.2, -0.15) is 0 Å². The summed E-state index contributed by atoms with van der Waals surface area (Å²) in [5.41, 5.74) is 2.58. The lowest BCUT2D eigenvalue weighted by molar-refractivity contribution is 0.502. The number of pyridine rings is 1. The molecule has 20 heavy (non-hydrogen) atoms. The first-order chi connectivity index (χ1) is 9.41. The second kappa shape index (κ2) is 8.25. The third-order valence-corrected chi connectivity index (χ3v) is 3.61. The highest BCUT2D eigenvalue weighted by molar-refractivity contribution is 5.51. The van der Waals surface area contributed by atoms with Gasteiger partial charge in [0.1, 0.15) is 0 Å². The summed E-state index contributed by atoms with van der Waals surface area (Å²) in [5, 5.41) is 3.52. The Balaban J connectivity index is 2.73. The first-order valence-electron chi connectivity index (χ1n) is 7.78. The fraction of sp³-hybridized carbons (Fsp3) is 0.706. The number of nitrogens with zero attached hydrogens (tertiary/aromatic N) is 2. The molecule has 0 fully saturated rings. The molecule has 0 aliphatic rings. The van der Waals surface area contributed by atoms with Gasteiger partial charge < -0.3 is 10.2 Å². The molecule has 1 rings (SSSR count). The Morgan fingerprint density at radius 3 is 2.45 bits per heavy atom. The summed E-state index contributed by atoms with van der Waals surface area (Å²) in [6, 6.07) is 2.66. The molecule has 0 aliphatic heterocycles. The zero-order chi connectivity index (χ0) is 15.1. The Labute approximate surface area is 124 Å². The third kappa shape index (κ3) is 5.49. The van der Waals surface area contributed by atoms with Crippen molar-refractivity contribution in [3.05, 3.63) is 24.0 Å². The van der Waals surface area contributed by atoms with Crippen LogP contribution in [-0.2, 0) is 6.54 Å². The van der Waals surface area contributed by atoms with Crippen molar-refractivity contribution in [2.45, 2.75) is 53.6 Å². The van der Waals surface area contributed by atoms with Crippen LogP contribution in [0.5, 0.6) is 0 Å². The first kappa shape index (κ1) is 17.0. The fourth-order valence-corrected chi connectivity index (χ4v) is 2.46. The molecule has 0 aromatic carbocycles. The van der Waals surface area contributed by atoms with E-state index in [2.05, 4.69) is 62.9 Å². The van der Waals surface area contributed by atoms with Crippen LogP contribution in [0.25, 0.3) is 0 Å². The molecule has 1 atom stereocenters. The second-order valence-corrected chi connectivity index (χ2v) is 6.62. The number of aromatic nitrogens is 1. The van der Waals surface area contributed by atoms with E-state index in [1.807, 2.05) is 12.4 Å². The number of rotatable bonds is 8. The van der Waals surface area contributed by atoms with Crippen LogP contribution in [0.2, 0.25) is 0 Å². The van der Waals surface area contributed by atoms with Crippen LogP contribution in [0, 0.1) is 11.8 Å². The smallest absolute Gasteiger partial charge is 0.0598 e. The molecular formula is C17H31N3. The molecule has 0 aliphatic carbocycles. The molecule has 3 nitrogen and oxygen atoms in total. The maximum Gasteiger partial charge on any atom is 0.0598 e. The van der Waals surface area contributed by atoms with Gasteiger partial charge in [0.05, 0.1) is 11.9 Å². The number of hydrogen-bond donors (Lipinski definition) is 1. The molecule has 1 heterocycles. The standard InChI is InChI=1S/C17H31N3/c1-13(2)9-15(5)20(6)17-12-18-8-7-16(17)11-19-10-14(3)4/h7-8,12-15,19H,9-11H2,1-6H3. The van der Waals surface area contributed by atoms with Crippen LogP contribution in [0.1, 0.15) is 46.6 Å². The van der Waals surface area contributed by atoms with E-state index >= 15 is 0 Å². The predicted octanol–water partition coefficient (Wildman–Crippen LogP) is 3.70. The van der Waals surface area contributed by atoms with Gasteiger partial charge in [0.15, 0.2) is 0 Å². The van der Waals surface area contributed by atoms with Crippen LogP contribution in [0.3, 0.4) is 0 Å². The van der Waals surface area contributed by atoms with Crippen molar-refractivity contribution in [1.82, 2.24) is 10.3 Å². The monoisotopic (exact) mass is 277 g/mol. The third-order valence-electron chi connectivity index (χ3n) is 3.61. The van der Waals surface area contributed by atoms with E-state index in [-0.39, 0.29) is 0 Å². The van der Waals surface area contributed by atoms with E-state index in [1.54, 1.807) is 0 Å². The van der Waals surface area contributed by atoms with Crippen LogP contribution in [-0.4, -0.2) is 24.6 Å². The molecular weight excluding hydrogens is 246 g/mol. The molecule has 0 radical (unpaired) electrons. The molecule has 0 spiro atoms. The maximum atomic E-state index is 4.30. The van der Waals surface area contributed by atoms with Gasteiger partial charge in [-0.1, -0.05) is 27.7 Å². The lowest BCUT2D eigenvalue weighted by atomic mass is 10.0. The molecule has 0 bridgehead atoms. The van der Waals surface area contributed by atoms with Crippen molar-refractivity contribution in [2.24, 2.45) is 11.8 Å². The van der Waals surface area contributed by atoms with E-state index in [0.29, 0.717) is 17.9 Å². The van der Waals surface area contributed by atoms with Crippen LogP contribution < -0.4 is 10.2 Å². The molecule has 1 unspecified atom stereocenters. The number of anilines is 1. The van der Waals surface area contributed by atoms with Gasteiger partial charge in [-0.25, -0.2) is 0 Å². The molecule has 1 aromatic heterocycles. The van der Waals surface area contributed by atoms with E-state index in [1.165, 1.54) is 17.7 Å². The second-order valence-electron chi connectivity index (χ2n) is 6.62. The predicted molar refractivity (Wildman–Crippen MR) is 88.1 cm³/mol. The highest BCUT2D eigenvalue weighted by Crippen LogP contribution is 2.22. The summed E-state index contributed by atoms with van der Waals surface area (Å²) in [6.07, 6.45) is 5.07. The van der Waals surface area contributed by atoms with Gasteiger partial charge in [-0.15, -0.1) is 0 Å². The van der Waals surface area contributed by atoms with E-state index in [4.69, 9.17) is 0 Å². The van der Waals surface area contributed by atoms with E-state index < -0.39 is 0 Å². The Hall–Kier alpha value is -1.09. The molecule has 1 aromatic rings. The van der Waals surface area contributed by atoms with Crippen molar-refractivity contribution in [3.63, 3.8) is 0 Å². The van der Waals surface area contributed by atoms with Gasteiger partial charge >= 0.3 is 0 Å². The summed E-state index contributed by atoms with van der Waals surface area (Å²) in [7, 11) is 2.18. The van der Waals surface area contributed by atoms with Crippen LogP contribution in [0.4, 0.5) is 5.69 Å². The minimum absolute atomic E-state index is 0.531. The summed E-state index contributed by atoms with van der Waals surface area (Å²) in [5.74, 6) is 1.39. The Morgan fingerprint density at radius 1 is 1.15 bits per heavy atom. The maximum absolute atomic E-state index is 4.30. The normalized spacial score (nSPS) is 13.0. The van der Waals surface area contributed by atoms with Crippen molar-refractivity contribution in [3.8, 4) is 0 Å². The molecule has 114 valence electrons. The summed E-state index contributed by atoms with van der Waals surface area (Å²) < 4.78 is 0. The summed E-state index contributed by atoms with van der Waals surface area (Å²) in [4.78, 5) is 6.66. The molecule has 0 saturated carbocycles. The quantitative estimate of drug-likeness (QED) is 0.785. The lowest BCUT2D eigenvalue weighted by Crippen LogP contribution is -2.31. The van der Waals surface area contributed by atoms with Gasteiger partial charge in [0.25, 0.3) is 0 Å². The van der Waals surface area contributed by atoms with Gasteiger partial charge in [0.2, 0.25) is 0 Å². The average Bonchev–Trinajstić information content (AvgIpc) is 2.37. The molecule has 0 amide bonds. The SMILES string of the molecule is CC(C)CNCc1ccncc1N(C)C(C)CC(C)C. The fourth-order valence-electron chi connectivity index (χ4n) is 2.46. The van der Waals surface area contributed by atoms with Crippen molar-refractivity contribution in [1.29, 1.82) is 0 Å².